The third kappa shape index (κ3) is 2.27. The van der Waals surface area contributed by atoms with Crippen LogP contribution in [0.1, 0.15) is 18.4 Å². The number of halogens is 1. The van der Waals surface area contributed by atoms with Crippen LogP contribution < -0.4 is 15.2 Å². The predicted molar refractivity (Wildman–Crippen MR) is 59.4 cm³/mol. The summed E-state index contributed by atoms with van der Waals surface area (Å²) in [6.45, 7) is 1.54. The highest BCUT2D eigenvalue weighted by Gasteiger charge is 2.18. The van der Waals surface area contributed by atoms with E-state index in [9.17, 15) is 4.39 Å². The second-order valence-corrected chi connectivity index (χ2v) is 3.81. The van der Waals surface area contributed by atoms with Gasteiger partial charge in [0.25, 0.3) is 0 Å². The van der Waals surface area contributed by atoms with E-state index in [2.05, 4.69) is 0 Å². The molecule has 0 saturated carbocycles. The number of nitrogens with two attached hydrogens (primary N) is 1. The van der Waals surface area contributed by atoms with Gasteiger partial charge in [-0.2, -0.15) is 0 Å². The van der Waals surface area contributed by atoms with E-state index in [4.69, 9.17) is 15.2 Å². The van der Waals surface area contributed by atoms with Crippen LogP contribution in [-0.2, 0) is 6.42 Å². The molecular weight excluding hydrogens is 209 g/mol. The van der Waals surface area contributed by atoms with Gasteiger partial charge in [-0.05, 0) is 37.4 Å². The average Bonchev–Trinajstić information content (AvgIpc) is 2.33. The molecule has 1 aromatic rings. The molecule has 0 fully saturated rings. The fourth-order valence-corrected chi connectivity index (χ4v) is 1.78. The molecule has 2 N–H and O–H groups in total. The Labute approximate surface area is 94.3 Å². The molecule has 0 saturated heterocycles. The number of rotatable bonds is 4. The van der Waals surface area contributed by atoms with Crippen molar-refractivity contribution in [3.05, 3.63) is 23.5 Å². The van der Waals surface area contributed by atoms with E-state index in [1.54, 1.807) is 12.1 Å². The van der Waals surface area contributed by atoms with E-state index in [1.807, 2.05) is 0 Å². The van der Waals surface area contributed by atoms with Gasteiger partial charge in [0.2, 0.25) is 0 Å². The zero-order chi connectivity index (χ0) is 11.4. The minimum absolute atomic E-state index is 0.261. The molecule has 4 heteroatoms. The van der Waals surface area contributed by atoms with Crippen molar-refractivity contribution in [3.8, 4) is 11.5 Å². The summed E-state index contributed by atoms with van der Waals surface area (Å²) >= 11 is 0. The molecule has 0 amide bonds. The fourth-order valence-electron chi connectivity index (χ4n) is 1.78. The molecule has 0 aromatic heterocycles. The highest BCUT2D eigenvalue weighted by Crippen LogP contribution is 2.34. The molecule has 2 rings (SSSR count). The van der Waals surface area contributed by atoms with Crippen molar-refractivity contribution in [1.29, 1.82) is 0 Å². The third-order valence-corrected chi connectivity index (χ3v) is 2.63. The van der Waals surface area contributed by atoms with E-state index >= 15 is 0 Å². The summed E-state index contributed by atoms with van der Waals surface area (Å²) in [6, 6.07) is 3.54. The minimum atomic E-state index is -0.283. The maximum atomic E-state index is 13.9. The Morgan fingerprint density at radius 2 is 2.00 bits per heavy atom. The number of benzene rings is 1. The first-order valence-electron chi connectivity index (χ1n) is 5.60. The Balaban J connectivity index is 2.14. The van der Waals surface area contributed by atoms with Crippen LogP contribution in [0, 0.1) is 5.82 Å². The Morgan fingerprint density at radius 3 is 2.81 bits per heavy atom. The van der Waals surface area contributed by atoms with Gasteiger partial charge in [-0.15, -0.1) is 0 Å². The summed E-state index contributed by atoms with van der Waals surface area (Å²) in [7, 11) is 0. The minimum Gasteiger partial charge on any atom is -0.486 e. The SMILES string of the molecule is NCCCCc1ccc2c(c1F)OCCO2. The number of unbranched alkanes of at least 4 members (excludes halogenated alkanes) is 1. The standard InChI is InChI=1S/C12H16FNO2/c13-11-9(3-1-2-6-14)4-5-10-12(11)16-8-7-15-10/h4-5H,1-3,6-8,14H2. The van der Waals surface area contributed by atoms with Gasteiger partial charge < -0.3 is 15.2 Å². The van der Waals surface area contributed by atoms with Crippen LogP contribution in [0.4, 0.5) is 4.39 Å². The molecule has 0 unspecified atom stereocenters. The molecule has 16 heavy (non-hydrogen) atoms. The molecule has 0 atom stereocenters. The van der Waals surface area contributed by atoms with Crippen LogP contribution in [0.3, 0.4) is 0 Å². The topological polar surface area (TPSA) is 44.5 Å². The van der Waals surface area contributed by atoms with Crippen molar-refractivity contribution >= 4 is 0 Å². The highest BCUT2D eigenvalue weighted by atomic mass is 19.1. The second-order valence-electron chi connectivity index (χ2n) is 3.81. The Morgan fingerprint density at radius 1 is 1.19 bits per heavy atom. The van der Waals surface area contributed by atoms with Gasteiger partial charge in [-0.1, -0.05) is 6.07 Å². The van der Waals surface area contributed by atoms with Gasteiger partial charge in [-0.25, -0.2) is 4.39 Å². The van der Waals surface area contributed by atoms with Crippen molar-refractivity contribution in [2.75, 3.05) is 19.8 Å². The van der Waals surface area contributed by atoms with Crippen molar-refractivity contribution in [2.24, 2.45) is 5.73 Å². The molecule has 1 aliphatic heterocycles. The van der Waals surface area contributed by atoms with Crippen LogP contribution in [0.15, 0.2) is 12.1 Å². The summed E-state index contributed by atoms with van der Waals surface area (Å²) in [5.74, 6) is 0.483. The average molecular weight is 225 g/mol. The molecule has 3 nitrogen and oxygen atoms in total. The Bertz CT molecular complexity index is 368. The maximum absolute atomic E-state index is 13.9. The summed E-state index contributed by atoms with van der Waals surface area (Å²) in [5, 5.41) is 0. The molecule has 0 aliphatic carbocycles. The molecule has 88 valence electrons. The number of ether oxygens (including phenoxy) is 2. The molecule has 0 radical (unpaired) electrons. The zero-order valence-electron chi connectivity index (χ0n) is 9.17. The van der Waals surface area contributed by atoms with Crippen molar-refractivity contribution < 1.29 is 13.9 Å². The lowest BCUT2D eigenvalue weighted by molar-refractivity contribution is 0.164. The molecule has 1 aliphatic rings. The van der Waals surface area contributed by atoms with Crippen molar-refractivity contribution in [1.82, 2.24) is 0 Å². The van der Waals surface area contributed by atoms with Crippen molar-refractivity contribution in [3.63, 3.8) is 0 Å². The van der Waals surface area contributed by atoms with E-state index in [0.29, 0.717) is 37.5 Å². The third-order valence-electron chi connectivity index (χ3n) is 2.63. The quantitative estimate of drug-likeness (QED) is 0.796. The van der Waals surface area contributed by atoms with Gasteiger partial charge in [0.05, 0.1) is 0 Å². The normalized spacial score (nSPS) is 13.9. The monoisotopic (exact) mass is 225 g/mol. The number of hydrogen-bond donors (Lipinski definition) is 1. The highest BCUT2D eigenvalue weighted by molar-refractivity contribution is 5.45. The van der Waals surface area contributed by atoms with E-state index in [1.165, 1.54) is 0 Å². The van der Waals surface area contributed by atoms with E-state index in [-0.39, 0.29) is 11.6 Å². The largest absolute Gasteiger partial charge is 0.486 e. The van der Waals surface area contributed by atoms with Crippen LogP contribution in [0.2, 0.25) is 0 Å². The van der Waals surface area contributed by atoms with Crippen LogP contribution >= 0.6 is 0 Å². The Hall–Kier alpha value is -1.29. The maximum Gasteiger partial charge on any atom is 0.197 e. The van der Waals surface area contributed by atoms with Gasteiger partial charge in [0.15, 0.2) is 17.3 Å². The molecule has 0 bridgehead atoms. The van der Waals surface area contributed by atoms with Gasteiger partial charge in [-0.3, -0.25) is 0 Å². The first-order chi connectivity index (χ1) is 7.83. The molecular formula is C12H16FNO2. The van der Waals surface area contributed by atoms with Gasteiger partial charge >= 0.3 is 0 Å². The van der Waals surface area contributed by atoms with Crippen LogP contribution in [-0.4, -0.2) is 19.8 Å². The lowest BCUT2D eigenvalue weighted by Gasteiger charge is -2.19. The summed E-state index contributed by atoms with van der Waals surface area (Å²) < 4.78 is 24.5. The number of aryl methyl sites for hydroxylation is 1. The van der Waals surface area contributed by atoms with E-state index < -0.39 is 0 Å². The van der Waals surface area contributed by atoms with E-state index in [0.717, 1.165) is 12.8 Å². The van der Waals surface area contributed by atoms with Gasteiger partial charge in [0, 0.05) is 0 Å². The van der Waals surface area contributed by atoms with Crippen LogP contribution in [0.25, 0.3) is 0 Å². The fraction of sp³-hybridized carbons (Fsp3) is 0.500. The Kier molecular flexibility index (Phi) is 3.62. The summed E-state index contributed by atoms with van der Waals surface area (Å²) in [5.41, 5.74) is 6.08. The smallest absolute Gasteiger partial charge is 0.197 e. The van der Waals surface area contributed by atoms with Gasteiger partial charge in [0.1, 0.15) is 13.2 Å². The van der Waals surface area contributed by atoms with Crippen molar-refractivity contribution in [2.45, 2.75) is 19.3 Å². The first-order valence-corrected chi connectivity index (χ1v) is 5.60. The number of fused-ring (bicyclic) bond motifs is 1. The number of hydrogen-bond acceptors (Lipinski definition) is 3. The molecule has 1 heterocycles. The lowest BCUT2D eigenvalue weighted by Crippen LogP contribution is -2.17. The molecule has 0 spiro atoms. The molecule has 1 aromatic carbocycles. The lowest BCUT2D eigenvalue weighted by atomic mass is 10.1. The summed E-state index contributed by atoms with van der Waals surface area (Å²) in [4.78, 5) is 0. The first kappa shape index (κ1) is 11.2. The predicted octanol–water partition coefficient (Wildman–Crippen LogP) is 1.88. The summed E-state index contributed by atoms with van der Waals surface area (Å²) in [6.07, 6.45) is 2.50. The zero-order valence-corrected chi connectivity index (χ0v) is 9.17. The second kappa shape index (κ2) is 5.16. The van der Waals surface area contributed by atoms with Crippen LogP contribution in [0.5, 0.6) is 11.5 Å².